The monoisotopic (exact) mass is 308 g/mol. The van der Waals surface area contributed by atoms with Crippen molar-refractivity contribution < 1.29 is 9.59 Å². The number of anilines is 2. The van der Waals surface area contributed by atoms with Gasteiger partial charge in [-0.3, -0.25) is 9.59 Å². The second-order valence-corrected chi connectivity index (χ2v) is 6.05. The van der Waals surface area contributed by atoms with Gasteiger partial charge in [-0.15, -0.1) is 0 Å². The van der Waals surface area contributed by atoms with Gasteiger partial charge in [-0.2, -0.15) is 0 Å². The molecule has 0 atom stereocenters. The van der Waals surface area contributed by atoms with Crippen LogP contribution in [-0.2, 0) is 16.0 Å². The molecule has 0 saturated heterocycles. The van der Waals surface area contributed by atoms with Crippen LogP contribution in [0.1, 0.15) is 24.0 Å². The first-order chi connectivity index (χ1) is 11.1. The number of amides is 2. The van der Waals surface area contributed by atoms with Crippen LogP contribution in [0.5, 0.6) is 0 Å². The fraction of sp³-hybridized carbons (Fsp3) is 0.263. The lowest BCUT2D eigenvalue weighted by Gasteiger charge is -2.08. The van der Waals surface area contributed by atoms with Gasteiger partial charge >= 0.3 is 0 Å². The van der Waals surface area contributed by atoms with Gasteiger partial charge in [0.05, 0.1) is 6.42 Å². The van der Waals surface area contributed by atoms with Gasteiger partial charge in [0, 0.05) is 17.3 Å². The molecule has 1 aliphatic rings. The fourth-order valence-electron chi connectivity index (χ4n) is 2.32. The highest BCUT2D eigenvalue weighted by Gasteiger charge is 2.29. The maximum Gasteiger partial charge on any atom is 0.228 e. The maximum absolute atomic E-state index is 12.0. The molecule has 4 heteroatoms. The predicted molar refractivity (Wildman–Crippen MR) is 91.3 cm³/mol. The van der Waals surface area contributed by atoms with E-state index in [9.17, 15) is 9.59 Å². The van der Waals surface area contributed by atoms with Crippen LogP contribution < -0.4 is 10.6 Å². The standard InChI is InChI=1S/C19H20N2O2/c1-13-2-4-14(5-3-13)12-18(22)20-16-8-10-17(11-9-16)21-19(23)15-6-7-15/h2-5,8-11,15H,6-7,12H2,1H3,(H,20,22)(H,21,23). The molecule has 2 aromatic carbocycles. The van der Waals surface area contributed by atoms with Crippen molar-refractivity contribution in [2.24, 2.45) is 5.92 Å². The summed E-state index contributed by atoms with van der Waals surface area (Å²) in [5.74, 6) is 0.216. The zero-order valence-electron chi connectivity index (χ0n) is 13.1. The van der Waals surface area contributed by atoms with Crippen molar-refractivity contribution in [1.29, 1.82) is 0 Å². The lowest BCUT2D eigenvalue weighted by molar-refractivity contribution is -0.117. The Bertz CT molecular complexity index is 701. The van der Waals surface area contributed by atoms with E-state index in [0.717, 1.165) is 29.8 Å². The molecule has 3 rings (SSSR count). The van der Waals surface area contributed by atoms with E-state index in [-0.39, 0.29) is 17.7 Å². The lowest BCUT2D eigenvalue weighted by Crippen LogP contribution is -2.15. The highest BCUT2D eigenvalue weighted by atomic mass is 16.2. The molecule has 0 bridgehead atoms. The molecule has 1 saturated carbocycles. The summed E-state index contributed by atoms with van der Waals surface area (Å²) in [7, 11) is 0. The van der Waals surface area contributed by atoms with Crippen LogP contribution in [0.3, 0.4) is 0 Å². The van der Waals surface area contributed by atoms with Gasteiger partial charge in [0.1, 0.15) is 0 Å². The molecule has 0 spiro atoms. The number of hydrogen-bond acceptors (Lipinski definition) is 2. The molecule has 0 aliphatic heterocycles. The summed E-state index contributed by atoms with van der Waals surface area (Å²) in [5, 5.41) is 5.75. The molecule has 1 fully saturated rings. The summed E-state index contributed by atoms with van der Waals surface area (Å²) >= 11 is 0. The van der Waals surface area contributed by atoms with Gasteiger partial charge in [0.15, 0.2) is 0 Å². The smallest absolute Gasteiger partial charge is 0.228 e. The minimum Gasteiger partial charge on any atom is -0.326 e. The number of rotatable bonds is 5. The topological polar surface area (TPSA) is 58.2 Å². The average molecular weight is 308 g/mol. The largest absolute Gasteiger partial charge is 0.326 e. The lowest BCUT2D eigenvalue weighted by atomic mass is 10.1. The third kappa shape index (κ3) is 4.42. The van der Waals surface area contributed by atoms with Gasteiger partial charge in [-0.1, -0.05) is 29.8 Å². The summed E-state index contributed by atoms with van der Waals surface area (Å²) in [6.45, 7) is 2.02. The van der Waals surface area contributed by atoms with E-state index >= 15 is 0 Å². The number of benzene rings is 2. The van der Waals surface area contributed by atoms with Gasteiger partial charge < -0.3 is 10.6 Å². The van der Waals surface area contributed by atoms with Crippen LogP contribution >= 0.6 is 0 Å². The molecular formula is C19H20N2O2. The van der Waals surface area contributed by atoms with Crippen LogP contribution in [0, 0.1) is 12.8 Å². The van der Waals surface area contributed by atoms with Crippen molar-refractivity contribution in [1.82, 2.24) is 0 Å². The number of nitrogens with one attached hydrogen (secondary N) is 2. The fourth-order valence-corrected chi connectivity index (χ4v) is 2.32. The summed E-state index contributed by atoms with van der Waals surface area (Å²) in [6.07, 6.45) is 2.32. The Morgan fingerprint density at radius 1 is 0.913 bits per heavy atom. The minimum absolute atomic E-state index is 0.0522. The van der Waals surface area contributed by atoms with E-state index in [1.54, 1.807) is 12.1 Å². The Morgan fingerprint density at radius 3 is 2.04 bits per heavy atom. The molecule has 2 aromatic rings. The van der Waals surface area contributed by atoms with E-state index in [1.165, 1.54) is 5.56 Å². The van der Waals surface area contributed by atoms with Gasteiger partial charge in [-0.25, -0.2) is 0 Å². The molecule has 2 amide bonds. The van der Waals surface area contributed by atoms with E-state index < -0.39 is 0 Å². The molecular weight excluding hydrogens is 288 g/mol. The quantitative estimate of drug-likeness (QED) is 0.888. The van der Waals surface area contributed by atoms with Crippen LogP contribution in [0.2, 0.25) is 0 Å². The first-order valence-corrected chi connectivity index (χ1v) is 7.86. The van der Waals surface area contributed by atoms with Gasteiger partial charge in [0.25, 0.3) is 0 Å². The van der Waals surface area contributed by atoms with Crippen molar-refractivity contribution in [2.45, 2.75) is 26.2 Å². The second-order valence-electron chi connectivity index (χ2n) is 6.05. The molecule has 4 nitrogen and oxygen atoms in total. The maximum atomic E-state index is 12.0. The Balaban J connectivity index is 1.53. The normalized spacial score (nSPS) is 13.4. The Kier molecular flexibility index (Phi) is 4.42. The summed E-state index contributed by atoms with van der Waals surface area (Å²) < 4.78 is 0. The van der Waals surface area contributed by atoms with Crippen molar-refractivity contribution in [3.8, 4) is 0 Å². The predicted octanol–water partition coefficient (Wildman–Crippen LogP) is 3.52. The van der Waals surface area contributed by atoms with Gasteiger partial charge in [0.2, 0.25) is 11.8 Å². The van der Waals surface area contributed by atoms with Crippen LogP contribution in [-0.4, -0.2) is 11.8 Å². The molecule has 0 radical (unpaired) electrons. The zero-order chi connectivity index (χ0) is 16.2. The Morgan fingerprint density at radius 2 is 1.48 bits per heavy atom. The number of carbonyl (C=O) groups is 2. The van der Waals surface area contributed by atoms with E-state index in [0.29, 0.717) is 6.42 Å². The number of carbonyl (C=O) groups excluding carboxylic acids is 2. The molecule has 0 heterocycles. The zero-order valence-corrected chi connectivity index (χ0v) is 13.1. The van der Waals surface area contributed by atoms with E-state index in [4.69, 9.17) is 0 Å². The average Bonchev–Trinajstić information content (AvgIpc) is 3.36. The van der Waals surface area contributed by atoms with Crippen LogP contribution in [0.15, 0.2) is 48.5 Å². The Hall–Kier alpha value is -2.62. The summed E-state index contributed by atoms with van der Waals surface area (Å²) in [6, 6.07) is 15.1. The molecule has 0 unspecified atom stereocenters. The highest BCUT2D eigenvalue weighted by molar-refractivity contribution is 5.95. The number of aryl methyl sites for hydroxylation is 1. The SMILES string of the molecule is Cc1ccc(CC(=O)Nc2ccc(NC(=O)C3CC3)cc2)cc1. The minimum atomic E-state index is -0.0522. The first kappa shape index (κ1) is 15.3. The molecule has 0 aromatic heterocycles. The van der Waals surface area contributed by atoms with Crippen LogP contribution in [0.4, 0.5) is 11.4 Å². The van der Waals surface area contributed by atoms with Crippen molar-refractivity contribution in [3.63, 3.8) is 0 Å². The molecule has 23 heavy (non-hydrogen) atoms. The van der Waals surface area contributed by atoms with Crippen molar-refractivity contribution in [3.05, 3.63) is 59.7 Å². The second kappa shape index (κ2) is 6.65. The summed E-state index contributed by atoms with van der Waals surface area (Å²) in [4.78, 5) is 23.7. The number of hydrogen-bond donors (Lipinski definition) is 2. The molecule has 1 aliphatic carbocycles. The van der Waals surface area contributed by atoms with Crippen molar-refractivity contribution >= 4 is 23.2 Å². The van der Waals surface area contributed by atoms with E-state index in [2.05, 4.69) is 10.6 Å². The summed E-state index contributed by atoms with van der Waals surface area (Å²) in [5.41, 5.74) is 3.66. The van der Waals surface area contributed by atoms with Crippen molar-refractivity contribution in [2.75, 3.05) is 10.6 Å². The van der Waals surface area contributed by atoms with Crippen LogP contribution in [0.25, 0.3) is 0 Å². The molecule has 118 valence electrons. The molecule has 2 N–H and O–H groups in total. The Labute approximate surface area is 135 Å². The third-order valence-electron chi connectivity index (χ3n) is 3.87. The van der Waals surface area contributed by atoms with Gasteiger partial charge in [-0.05, 0) is 49.6 Å². The first-order valence-electron chi connectivity index (χ1n) is 7.86. The third-order valence-corrected chi connectivity index (χ3v) is 3.87. The van der Waals surface area contributed by atoms with E-state index in [1.807, 2.05) is 43.3 Å². The highest BCUT2D eigenvalue weighted by Crippen LogP contribution is 2.30.